The molecule has 1 atom stereocenters. The van der Waals surface area contributed by atoms with Crippen LogP contribution < -0.4 is 5.32 Å². The minimum atomic E-state index is -0.241. The fraction of sp³-hybridized carbons (Fsp3) is 0.269. The molecule has 2 aromatic heterocycles. The van der Waals surface area contributed by atoms with Crippen LogP contribution in [0.5, 0.6) is 0 Å². The number of benzene rings is 2. The molecule has 4 rings (SSSR count). The van der Waals surface area contributed by atoms with Gasteiger partial charge in [0.05, 0.1) is 13.2 Å². The summed E-state index contributed by atoms with van der Waals surface area (Å²) in [6, 6.07) is 20.7. The number of halogens is 1. The molecular formula is C26H28FN5S. The van der Waals surface area contributed by atoms with Crippen LogP contribution in [0.4, 0.5) is 4.39 Å². The first-order valence-corrected chi connectivity index (χ1v) is 11.3. The van der Waals surface area contributed by atoms with Gasteiger partial charge in [0.1, 0.15) is 5.82 Å². The van der Waals surface area contributed by atoms with Crippen molar-refractivity contribution in [2.24, 2.45) is 5.41 Å². The van der Waals surface area contributed by atoms with Crippen LogP contribution >= 0.6 is 12.2 Å². The van der Waals surface area contributed by atoms with Gasteiger partial charge in [-0.15, -0.1) is 0 Å². The lowest BCUT2D eigenvalue weighted by atomic mass is 9.82. The van der Waals surface area contributed by atoms with Crippen LogP contribution in [0.25, 0.3) is 11.4 Å². The van der Waals surface area contributed by atoms with E-state index in [1.807, 2.05) is 51.7 Å². The summed E-state index contributed by atoms with van der Waals surface area (Å²) in [7, 11) is 0. The SMILES string of the molecule is CC(C)(C)C(NCn1nc(-c2cccnc2)n(Cc2ccccc2)c1=S)c1ccc(F)cc1. The Hall–Kier alpha value is -3.16. The van der Waals surface area contributed by atoms with Gasteiger partial charge in [-0.3, -0.25) is 14.9 Å². The lowest BCUT2D eigenvalue weighted by Crippen LogP contribution is -2.34. The summed E-state index contributed by atoms with van der Waals surface area (Å²) in [5.74, 6) is 0.530. The standard InChI is InChI=1S/C26H28FN5S/c1-26(2,3)23(20-11-13-22(27)14-12-20)29-18-32-25(33)31(17-19-8-5-4-6-9-19)24(30-32)21-10-7-15-28-16-21/h4-16,23,29H,17-18H2,1-3H3. The molecule has 4 aromatic rings. The predicted octanol–water partition coefficient (Wildman–Crippen LogP) is 6.00. The average molecular weight is 462 g/mol. The van der Waals surface area contributed by atoms with Crippen molar-refractivity contribution < 1.29 is 4.39 Å². The largest absolute Gasteiger partial charge is 0.295 e. The lowest BCUT2D eigenvalue weighted by molar-refractivity contribution is 0.251. The zero-order valence-corrected chi connectivity index (χ0v) is 19.9. The van der Waals surface area contributed by atoms with Crippen molar-refractivity contribution in [2.75, 3.05) is 0 Å². The van der Waals surface area contributed by atoms with Crippen LogP contribution in [0.1, 0.15) is 37.9 Å². The normalized spacial score (nSPS) is 12.6. The molecule has 0 amide bonds. The van der Waals surface area contributed by atoms with Gasteiger partial charge in [-0.2, -0.15) is 5.10 Å². The summed E-state index contributed by atoms with van der Waals surface area (Å²) in [6.07, 6.45) is 3.54. The van der Waals surface area contributed by atoms with Crippen molar-refractivity contribution in [3.05, 3.63) is 101 Å². The second-order valence-electron chi connectivity index (χ2n) is 9.13. The Labute approximate surface area is 198 Å². The topological polar surface area (TPSA) is 47.7 Å². The number of hydrogen-bond donors (Lipinski definition) is 1. The second-order valence-corrected chi connectivity index (χ2v) is 9.50. The maximum Gasteiger partial charge on any atom is 0.199 e. The molecule has 0 saturated carbocycles. The van der Waals surface area contributed by atoms with E-state index in [0.29, 0.717) is 18.0 Å². The van der Waals surface area contributed by atoms with Gasteiger partial charge in [-0.25, -0.2) is 9.07 Å². The third-order valence-electron chi connectivity index (χ3n) is 5.54. The molecule has 2 aromatic carbocycles. The molecular weight excluding hydrogens is 433 g/mol. The molecule has 0 fully saturated rings. The predicted molar refractivity (Wildman–Crippen MR) is 132 cm³/mol. The number of rotatable bonds is 7. The average Bonchev–Trinajstić information content (AvgIpc) is 3.11. The van der Waals surface area contributed by atoms with E-state index in [1.54, 1.807) is 12.4 Å². The Morgan fingerprint density at radius 2 is 1.73 bits per heavy atom. The molecule has 0 radical (unpaired) electrons. The van der Waals surface area contributed by atoms with Gasteiger partial charge in [-0.05, 0) is 53.0 Å². The Morgan fingerprint density at radius 3 is 2.36 bits per heavy atom. The minimum Gasteiger partial charge on any atom is -0.295 e. The van der Waals surface area contributed by atoms with Crippen molar-refractivity contribution in [2.45, 2.75) is 40.0 Å². The fourth-order valence-corrected chi connectivity index (χ4v) is 4.17. The van der Waals surface area contributed by atoms with Crippen LogP contribution in [0, 0.1) is 16.0 Å². The van der Waals surface area contributed by atoms with Crippen LogP contribution in [0.3, 0.4) is 0 Å². The quantitative estimate of drug-likeness (QED) is 0.343. The molecule has 2 heterocycles. The molecule has 7 heteroatoms. The molecule has 0 spiro atoms. The van der Waals surface area contributed by atoms with Gasteiger partial charge in [0, 0.05) is 24.0 Å². The van der Waals surface area contributed by atoms with Crippen molar-refractivity contribution in [1.29, 1.82) is 0 Å². The molecule has 33 heavy (non-hydrogen) atoms. The molecule has 0 aliphatic carbocycles. The second kappa shape index (κ2) is 9.77. The molecule has 0 aliphatic heterocycles. The van der Waals surface area contributed by atoms with Crippen molar-refractivity contribution in [1.82, 2.24) is 24.6 Å². The molecule has 170 valence electrons. The van der Waals surface area contributed by atoms with Crippen LogP contribution in [-0.2, 0) is 13.2 Å². The number of hydrogen-bond acceptors (Lipinski definition) is 4. The van der Waals surface area contributed by atoms with E-state index in [0.717, 1.165) is 22.5 Å². The zero-order chi connectivity index (χ0) is 23.4. The van der Waals surface area contributed by atoms with Gasteiger partial charge in [0.25, 0.3) is 0 Å². The Balaban J connectivity index is 1.67. The van der Waals surface area contributed by atoms with E-state index in [4.69, 9.17) is 17.3 Å². The first-order valence-electron chi connectivity index (χ1n) is 10.9. The first kappa shape index (κ1) is 23.0. The summed E-state index contributed by atoms with van der Waals surface area (Å²) in [5.41, 5.74) is 2.97. The number of aromatic nitrogens is 4. The highest BCUT2D eigenvalue weighted by Gasteiger charge is 2.26. The number of nitrogens with zero attached hydrogens (tertiary/aromatic N) is 4. The van der Waals surface area contributed by atoms with E-state index in [1.165, 1.54) is 12.1 Å². The maximum atomic E-state index is 13.5. The molecule has 0 saturated heterocycles. The highest BCUT2D eigenvalue weighted by Crippen LogP contribution is 2.33. The molecule has 1 unspecified atom stereocenters. The van der Waals surface area contributed by atoms with Gasteiger partial charge in [0.2, 0.25) is 0 Å². The minimum absolute atomic E-state index is 0.0129. The van der Waals surface area contributed by atoms with Crippen LogP contribution in [-0.4, -0.2) is 19.3 Å². The summed E-state index contributed by atoms with van der Waals surface area (Å²) < 4.78 is 17.9. The third-order valence-corrected chi connectivity index (χ3v) is 5.97. The summed E-state index contributed by atoms with van der Waals surface area (Å²) in [6.45, 7) is 7.50. The monoisotopic (exact) mass is 461 g/mol. The first-order chi connectivity index (χ1) is 15.8. The smallest absolute Gasteiger partial charge is 0.199 e. The van der Waals surface area contributed by atoms with E-state index in [9.17, 15) is 4.39 Å². The molecule has 0 aliphatic rings. The van der Waals surface area contributed by atoms with Crippen molar-refractivity contribution in [3.8, 4) is 11.4 Å². The summed E-state index contributed by atoms with van der Waals surface area (Å²) >= 11 is 5.84. The Bertz CT molecular complexity index is 1240. The number of pyridine rings is 1. The van der Waals surface area contributed by atoms with Gasteiger partial charge in [-0.1, -0.05) is 63.2 Å². The number of nitrogens with one attached hydrogen (secondary N) is 1. The van der Waals surface area contributed by atoms with E-state index >= 15 is 0 Å². The van der Waals surface area contributed by atoms with Crippen LogP contribution in [0.2, 0.25) is 0 Å². The zero-order valence-electron chi connectivity index (χ0n) is 19.1. The van der Waals surface area contributed by atoms with Gasteiger partial charge in [0.15, 0.2) is 10.6 Å². The van der Waals surface area contributed by atoms with E-state index < -0.39 is 0 Å². The Kier molecular flexibility index (Phi) is 6.81. The Morgan fingerprint density at radius 1 is 1.00 bits per heavy atom. The van der Waals surface area contributed by atoms with E-state index in [2.05, 4.69) is 43.2 Å². The summed E-state index contributed by atoms with van der Waals surface area (Å²) in [4.78, 5) is 4.26. The molecule has 1 N–H and O–H groups in total. The third kappa shape index (κ3) is 5.43. The lowest BCUT2D eigenvalue weighted by Gasteiger charge is -2.32. The fourth-order valence-electron chi connectivity index (χ4n) is 3.92. The molecule has 5 nitrogen and oxygen atoms in total. The summed E-state index contributed by atoms with van der Waals surface area (Å²) in [5, 5.41) is 8.44. The van der Waals surface area contributed by atoms with Crippen molar-refractivity contribution in [3.63, 3.8) is 0 Å². The maximum absolute atomic E-state index is 13.5. The van der Waals surface area contributed by atoms with Crippen molar-refractivity contribution >= 4 is 12.2 Å². The highest BCUT2D eigenvalue weighted by molar-refractivity contribution is 7.71. The van der Waals surface area contributed by atoms with Crippen LogP contribution in [0.15, 0.2) is 79.1 Å². The van der Waals surface area contributed by atoms with E-state index in [-0.39, 0.29) is 17.3 Å². The van der Waals surface area contributed by atoms with Gasteiger partial charge >= 0.3 is 0 Å². The molecule has 0 bridgehead atoms. The van der Waals surface area contributed by atoms with Gasteiger partial charge < -0.3 is 0 Å². The highest BCUT2D eigenvalue weighted by atomic mass is 32.1.